The van der Waals surface area contributed by atoms with Crippen molar-refractivity contribution >= 4 is 23.2 Å². The molecule has 2 aliphatic heterocycles. The molecule has 0 unspecified atom stereocenters. The van der Waals surface area contributed by atoms with Crippen LogP contribution < -0.4 is 4.90 Å². The zero-order valence-electron chi connectivity index (χ0n) is 19.5. The average Bonchev–Trinajstić information content (AvgIpc) is 2.88. The number of benzene rings is 3. The Kier molecular flexibility index (Phi) is 7.17. The van der Waals surface area contributed by atoms with Gasteiger partial charge in [0.2, 0.25) is 5.91 Å². The van der Waals surface area contributed by atoms with E-state index in [0.29, 0.717) is 18.9 Å². The molecule has 0 N–H and O–H groups in total. The standard InChI is InChI=1S/C29H32ClN3O/c30-26-12-7-13-27(20-26)32-18-16-31(17-19-32)22-25-14-15-28(34)33(21-23-8-3-1-4-9-23)29(25)24-10-5-2-6-11-24/h1-13,20,25,29H,14-19,21-22H2/t25-,29-/m1/s1. The lowest BCUT2D eigenvalue weighted by molar-refractivity contribution is -0.140. The second-order valence-electron chi connectivity index (χ2n) is 9.43. The van der Waals surface area contributed by atoms with E-state index in [0.717, 1.165) is 44.2 Å². The van der Waals surface area contributed by atoms with E-state index in [-0.39, 0.29) is 11.9 Å². The first kappa shape index (κ1) is 22.9. The summed E-state index contributed by atoms with van der Waals surface area (Å²) >= 11 is 6.21. The van der Waals surface area contributed by atoms with Gasteiger partial charge in [0.1, 0.15) is 0 Å². The SMILES string of the molecule is O=C1CC[C@H](CN2CCN(c3cccc(Cl)c3)CC2)[C@@H](c2ccccc2)N1Cc1ccccc1. The lowest BCUT2D eigenvalue weighted by Gasteiger charge is -2.45. The van der Waals surface area contributed by atoms with Crippen molar-refractivity contribution in [3.8, 4) is 0 Å². The van der Waals surface area contributed by atoms with Gasteiger partial charge in [-0.15, -0.1) is 0 Å². The predicted octanol–water partition coefficient (Wildman–Crippen LogP) is 5.64. The highest BCUT2D eigenvalue weighted by atomic mass is 35.5. The molecule has 0 radical (unpaired) electrons. The number of halogens is 1. The van der Waals surface area contributed by atoms with E-state index in [1.807, 2.05) is 18.2 Å². The highest BCUT2D eigenvalue weighted by molar-refractivity contribution is 6.30. The van der Waals surface area contributed by atoms with Crippen molar-refractivity contribution in [2.75, 3.05) is 37.6 Å². The number of hydrogen-bond acceptors (Lipinski definition) is 3. The summed E-state index contributed by atoms with van der Waals surface area (Å²) < 4.78 is 0. The van der Waals surface area contributed by atoms with Gasteiger partial charge in [0.15, 0.2) is 0 Å². The second-order valence-corrected chi connectivity index (χ2v) is 9.87. The molecular formula is C29H32ClN3O. The van der Waals surface area contributed by atoms with E-state index in [1.54, 1.807) is 0 Å². The third kappa shape index (κ3) is 5.29. The molecule has 176 valence electrons. The van der Waals surface area contributed by atoms with Crippen LogP contribution >= 0.6 is 11.6 Å². The first-order chi connectivity index (χ1) is 16.7. The molecule has 2 heterocycles. The second kappa shape index (κ2) is 10.6. The normalized spacial score (nSPS) is 21.6. The van der Waals surface area contributed by atoms with Crippen molar-refractivity contribution in [2.24, 2.45) is 5.92 Å². The van der Waals surface area contributed by atoms with Crippen LogP contribution in [0.3, 0.4) is 0 Å². The van der Waals surface area contributed by atoms with Crippen LogP contribution in [0, 0.1) is 5.92 Å². The number of carbonyl (C=O) groups excluding carboxylic acids is 1. The smallest absolute Gasteiger partial charge is 0.223 e. The maximum absolute atomic E-state index is 13.1. The minimum absolute atomic E-state index is 0.105. The molecule has 0 saturated carbocycles. The monoisotopic (exact) mass is 473 g/mol. The van der Waals surface area contributed by atoms with Crippen LogP contribution in [0.1, 0.15) is 30.0 Å². The zero-order chi connectivity index (χ0) is 23.3. The molecule has 2 saturated heterocycles. The quantitative estimate of drug-likeness (QED) is 0.463. The van der Waals surface area contributed by atoms with E-state index in [9.17, 15) is 4.79 Å². The van der Waals surface area contributed by atoms with Gasteiger partial charge < -0.3 is 9.80 Å². The number of anilines is 1. The summed E-state index contributed by atoms with van der Waals surface area (Å²) in [6.07, 6.45) is 1.57. The molecule has 1 amide bonds. The molecule has 0 aromatic heterocycles. The molecule has 2 atom stereocenters. The molecule has 5 heteroatoms. The fourth-order valence-electron chi connectivity index (χ4n) is 5.47. The highest BCUT2D eigenvalue weighted by Gasteiger charge is 2.37. The maximum atomic E-state index is 13.1. The third-order valence-electron chi connectivity index (χ3n) is 7.21. The summed E-state index contributed by atoms with van der Waals surface area (Å²) in [4.78, 5) is 20.3. The number of piperazine rings is 1. The van der Waals surface area contributed by atoms with Gasteiger partial charge in [0, 0.05) is 56.4 Å². The van der Waals surface area contributed by atoms with Gasteiger partial charge in [-0.3, -0.25) is 9.69 Å². The molecule has 0 bridgehead atoms. The van der Waals surface area contributed by atoms with Gasteiger partial charge in [-0.1, -0.05) is 78.3 Å². The minimum Gasteiger partial charge on any atom is -0.369 e. The molecule has 2 aliphatic rings. The average molecular weight is 474 g/mol. The van der Waals surface area contributed by atoms with Crippen LogP contribution in [0.15, 0.2) is 84.9 Å². The van der Waals surface area contributed by atoms with Gasteiger partial charge in [-0.25, -0.2) is 0 Å². The number of piperidine rings is 1. The molecule has 3 aromatic carbocycles. The van der Waals surface area contributed by atoms with Gasteiger partial charge in [0.05, 0.1) is 6.04 Å². The van der Waals surface area contributed by atoms with Crippen LogP contribution in [0.25, 0.3) is 0 Å². The Balaban J connectivity index is 1.31. The van der Waals surface area contributed by atoms with Gasteiger partial charge >= 0.3 is 0 Å². The summed E-state index contributed by atoms with van der Waals surface area (Å²) in [5, 5.41) is 0.788. The molecule has 2 fully saturated rings. The van der Waals surface area contributed by atoms with Gasteiger partial charge in [-0.2, -0.15) is 0 Å². The van der Waals surface area contributed by atoms with Crippen LogP contribution in [0.5, 0.6) is 0 Å². The highest BCUT2D eigenvalue weighted by Crippen LogP contribution is 2.38. The number of amides is 1. The molecule has 0 aliphatic carbocycles. The number of likely N-dealkylation sites (tertiary alicyclic amines) is 1. The van der Waals surface area contributed by atoms with E-state index >= 15 is 0 Å². The minimum atomic E-state index is 0.105. The van der Waals surface area contributed by atoms with E-state index in [2.05, 4.69) is 81.4 Å². The Bertz CT molecular complexity index is 1080. The molecule has 5 rings (SSSR count). The first-order valence-electron chi connectivity index (χ1n) is 12.3. The topological polar surface area (TPSA) is 26.8 Å². The largest absolute Gasteiger partial charge is 0.369 e. The first-order valence-corrected chi connectivity index (χ1v) is 12.7. The summed E-state index contributed by atoms with van der Waals surface area (Å²) in [6.45, 7) is 5.72. The van der Waals surface area contributed by atoms with Crippen LogP contribution in [-0.2, 0) is 11.3 Å². The van der Waals surface area contributed by atoms with E-state index < -0.39 is 0 Å². The number of rotatable bonds is 6. The summed E-state index contributed by atoms with van der Waals surface area (Å²) in [6, 6.07) is 29.2. The van der Waals surface area contributed by atoms with Crippen molar-refractivity contribution in [3.05, 3.63) is 101 Å². The van der Waals surface area contributed by atoms with Crippen LogP contribution in [-0.4, -0.2) is 48.4 Å². The van der Waals surface area contributed by atoms with Crippen LogP contribution in [0.2, 0.25) is 5.02 Å². The van der Waals surface area contributed by atoms with Crippen molar-refractivity contribution in [1.82, 2.24) is 9.80 Å². The van der Waals surface area contributed by atoms with Crippen molar-refractivity contribution in [3.63, 3.8) is 0 Å². The predicted molar refractivity (Wildman–Crippen MR) is 139 cm³/mol. The summed E-state index contributed by atoms with van der Waals surface area (Å²) in [5.74, 6) is 0.682. The van der Waals surface area contributed by atoms with Crippen molar-refractivity contribution < 1.29 is 4.79 Å². The maximum Gasteiger partial charge on any atom is 0.223 e. The Morgan fingerprint density at radius 1 is 0.824 bits per heavy atom. The zero-order valence-corrected chi connectivity index (χ0v) is 20.3. The van der Waals surface area contributed by atoms with Crippen molar-refractivity contribution in [2.45, 2.75) is 25.4 Å². The molecule has 0 spiro atoms. The number of nitrogens with zero attached hydrogens (tertiary/aromatic N) is 3. The lowest BCUT2D eigenvalue weighted by Crippen LogP contribution is -2.51. The van der Waals surface area contributed by atoms with Crippen molar-refractivity contribution in [1.29, 1.82) is 0 Å². The van der Waals surface area contributed by atoms with E-state index in [4.69, 9.17) is 11.6 Å². The summed E-state index contributed by atoms with van der Waals surface area (Å²) in [5.41, 5.74) is 3.63. The number of carbonyl (C=O) groups is 1. The molecule has 4 nitrogen and oxygen atoms in total. The Labute approximate surface area is 207 Å². The molecule has 3 aromatic rings. The fraction of sp³-hybridized carbons (Fsp3) is 0.345. The van der Waals surface area contributed by atoms with Gasteiger partial charge in [-0.05, 0) is 41.7 Å². The lowest BCUT2D eigenvalue weighted by atomic mass is 9.83. The molecule has 34 heavy (non-hydrogen) atoms. The Morgan fingerprint density at radius 3 is 2.24 bits per heavy atom. The Hall–Kier alpha value is -2.82. The number of hydrogen-bond donors (Lipinski definition) is 0. The Morgan fingerprint density at radius 2 is 1.53 bits per heavy atom. The van der Waals surface area contributed by atoms with Gasteiger partial charge in [0.25, 0.3) is 0 Å². The van der Waals surface area contributed by atoms with E-state index in [1.165, 1.54) is 16.8 Å². The fourth-order valence-corrected chi connectivity index (χ4v) is 5.66. The van der Waals surface area contributed by atoms with Crippen LogP contribution in [0.4, 0.5) is 5.69 Å². The summed E-state index contributed by atoms with van der Waals surface area (Å²) in [7, 11) is 0. The third-order valence-corrected chi connectivity index (χ3v) is 7.44. The molecular weight excluding hydrogens is 442 g/mol.